The van der Waals surface area contributed by atoms with E-state index < -0.39 is 5.82 Å². The molecule has 0 bridgehead atoms. The molecule has 6 heteroatoms. The lowest BCUT2D eigenvalue weighted by Gasteiger charge is -2.05. The molecule has 2 aromatic rings. The highest BCUT2D eigenvalue weighted by atomic mass is 79.9. The fourth-order valence-electron chi connectivity index (χ4n) is 1.14. The molecule has 0 amide bonds. The lowest BCUT2D eigenvalue weighted by molar-refractivity contribution is 0.425. The van der Waals surface area contributed by atoms with Gasteiger partial charge in [0.15, 0.2) is 11.6 Å². The summed E-state index contributed by atoms with van der Waals surface area (Å²) in [4.78, 5) is 7.95. The van der Waals surface area contributed by atoms with Crippen LogP contribution in [0.25, 0.3) is 0 Å². The Kier molecular flexibility index (Phi) is 3.91. The van der Waals surface area contributed by atoms with Gasteiger partial charge in [-0.2, -0.15) is 0 Å². The quantitative estimate of drug-likeness (QED) is 0.805. The molecule has 0 unspecified atom stereocenters. The van der Waals surface area contributed by atoms with Gasteiger partial charge in [0.2, 0.25) is 5.88 Å². The lowest BCUT2D eigenvalue weighted by atomic mass is 10.3. The van der Waals surface area contributed by atoms with Gasteiger partial charge in [0.25, 0.3) is 0 Å². The van der Waals surface area contributed by atoms with Crippen molar-refractivity contribution in [2.75, 3.05) is 0 Å². The van der Waals surface area contributed by atoms with Crippen LogP contribution in [-0.4, -0.2) is 9.97 Å². The Morgan fingerprint density at radius 3 is 2.71 bits per heavy atom. The molecule has 0 saturated carbocycles. The molecular weight excluding hydrogens is 310 g/mol. The molecule has 2 rings (SSSR count). The number of halogens is 3. The average molecular weight is 318 g/mol. The third-order valence-electron chi connectivity index (χ3n) is 1.93. The van der Waals surface area contributed by atoms with Crippen LogP contribution in [0.4, 0.5) is 4.39 Å². The summed E-state index contributed by atoms with van der Waals surface area (Å²) in [5.41, 5.74) is 0.635. The predicted molar refractivity (Wildman–Crippen MR) is 65.8 cm³/mol. The molecule has 0 radical (unpaired) electrons. The summed E-state index contributed by atoms with van der Waals surface area (Å²) in [5, 5.41) is 0. The van der Waals surface area contributed by atoms with E-state index in [1.807, 2.05) is 0 Å². The molecule has 0 atom stereocenters. The van der Waals surface area contributed by atoms with E-state index in [0.29, 0.717) is 10.2 Å². The van der Waals surface area contributed by atoms with E-state index in [1.54, 1.807) is 6.07 Å². The van der Waals surface area contributed by atoms with Crippen LogP contribution in [0.5, 0.6) is 11.6 Å². The largest absolute Gasteiger partial charge is 0.434 e. The Balaban J connectivity index is 2.19. The van der Waals surface area contributed by atoms with Crippen molar-refractivity contribution in [1.29, 1.82) is 0 Å². The van der Waals surface area contributed by atoms with E-state index in [0.717, 1.165) is 0 Å². The normalized spacial score (nSPS) is 10.3. The highest BCUT2D eigenvalue weighted by Crippen LogP contribution is 2.25. The number of benzene rings is 1. The van der Waals surface area contributed by atoms with Gasteiger partial charge in [0.1, 0.15) is 0 Å². The van der Waals surface area contributed by atoms with Crippen molar-refractivity contribution in [2.24, 2.45) is 0 Å². The van der Waals surface area contributed by atoms with Gasteiger partial charge in [-0.3, -0.25) is 4.98 Å². The van der Waals surface area contributed by atoms with Crippen molar-refractivity contribution < 1.29 is 9.13 Å². The topological polar surface area (TPSA) is 35.0 Å². The predicted octanol–water partition coefficient (Wildman–Crippen LogP) is 3.91. The van der Waals surface area contributed by atoms with Crippen molar-refractivity contribution in [2.45, 2.75) is 5.88 Å². The van der Waals surface area contributed by atoms with Crippen LogP contribution in [-0.2, 0) is 5.88 Å². The fraction of sp³-hybridized carbons (Fsp3) is 0.0909. The third-order valence-corrected chi connectivity index (χ3v) is 2.69. The van der Waals surface area contributed by atoms with E-state index in [-0.39, 0.29) is 17.5 Å². The maximum Gasteiger partial charge on any atom is 0.237 e. The minimum Gasteiger partial charge on any atom is -0.434 e. The molecule has 0 aliphatic heterocycles. The number of ether oxygens (including phenoxy) is 1. The number of hydrogen-bond acceptors (Lipinski definition) is 3. The zero-order valence-electron chi connectivity index (χ0n) is 8.53. The third kappa shape index (κ3) is 3.14. The van der Waals surface area contributed by atoms with E-state index >= 15 is 0 Å². The molecule has 0 aliphatic rings. The van der Waals surface area contributed by atoms with Crippen molar-refractivity contribution in [3.63, 3.8) is 0 Å². The summed E-state index contributed by atoms with van der Waals surface area (Å²) in [6.07, 6.45) is 2.89. The van der Waals surface area contributed by atoms with Crippen LogP contribution in [0, 0.1) is 5.82 Å². The zero-order valence-corrected chi connectivity index (χ0v) is 10.9. The first-order valence-corrected chi connectivity index (χ1v) is 6.01. The summed E-state index contributed by atoms with van der Waals surface area (Å²) in [6.45, 7) is 0. The van der Waals surface area contributed by atoms with Gasteiger partial charge in [-0.25, -0.2) is 9.37 Å². The molecule has 3 nitrogen and oxygen atoms in total. The molecule has 17 heavy (non-hydrogen) atoms. The smallest absolute Gasteiger partial charge is 0.237 e. The molecule has 1 heterocycles. The first-order valence-electron chi connectivity index (χ1n) is 4.69. The van der Waals surface area contributed by atoms with Crippen LogP contribution in [0.2, 0.25) is 0 Å². The van der Waals surface area contributed by atoms with Gasteiger partial charge in [0.05, 0.1) is 24.0 Å². The highest BCUT2D eigenvalue weighted by Gasteiger charge is 2.06. The van der Waals surface area contributed by atoms with E-state index in [2.05, 4.69) is 25.9 Å². The second-order valence-corrected chi connectivity index (χ2v) is 4.34. The average Bonchev–Trinajstić information content (AvgIpc) is 2.34. The first kappa shape index (κ1) is 12.3. The molecule has 1 aromatic carbocycles. The molecule has 0 aliphatic carbocycles. The molecule has 1 aromatic heterocycles. The van der Waals surface area contributed by atoms with Crippen molar-refractivity contribution in [3.8, 4) is 11.6 Å². The minimum atomic E-state index is -0.470. The van der Waals surface area contributed by atoms with E-state index in [1.165, 1.54) is 24.5 Å². The van der Waals surface area contributed by atoms with Crippen LogP contribution in [0.3, 0.4) is 0 Å². The van der Waals surface area contributed by atoms with Gasteiger partial charge >= 0.3 is 0 Å². The Bertz CT molecular complexity index is 521. The van der Waals surface area contributed by atoms with Crippen molar-refractivity contribution >= 4 is 27.5 Å². The molecule has 0 spiro atoms. The molecule has 88 valence electrons. The van der Waals surface area contributed by atoms with Crippen LogP contribution < -0.4 is 4.74 Å². The summed E-state index contributed by atoms with van der Waals surface area (Å²) in [6, 6.07) is 4.51. The Morgan fingerprint density at radius 2 is 2.12 bits per heavy atom. The number of nitrogens with zero attached hydrogens (tertiary/aromatic N) is 2. The standard InChI is InChI=1S/C11H7BrClFN2O/c12-7-1-2-10(9(14)3-7)17-11-6-15-8(4-13)5-16-11/h1-3,5-6H,4H2. The van der Waals surface area contributed by atoms with Crippen LogP contribution >= 0.6 is 27.5 Å². The first-order chi connectivity index (χ1) is 8.19. The van der Waals surface area contributed by atoms with Gasteiger partial charge < -0.3 is 4.74 Å². The zero-order chi connectivity index (χ0) is 12.3. The number of rotatable bonds is 3. The van der Waals surface area contributed by atoms with Crippen LogP contribution in [0.15, 0.2) is 35.1 Å². The summed E-state index contributed by atoms with van der Waals surface area (Å²) in [7, 11) is 0. The minimum absolute atomic E-state index is 0.0983. The molecule has 0 fully saturated rings. The Morgan fingerprint density at radius 1 is 1.29 bits per heavy atom. The van der Waals surface area contributed by atoms with Gasteiger partial charge in [-0.05, 0) is 18.2 Å². The van der Waals surface area contributed by atoms with Gasteiger partial charge in [-0.1, -0.05) is 15.9 Å². The maximum atomic E-state index is 13.5. The van der Waals surface area contributed by atoms with E-state index in [4.69, 9.17) is 16.3 Å². The fourth-order valence-corrected chi connectivity index (χ4v) is 1.61. The van der Waals surface area contributed by atoms with Crippen LogP contribution in [0.1, 0.15) is 5.69 Å². The monoisotopic (exact) mass is 316 g/mol. The lowest BCUT2D eigenvalue weighted by Crippen LogP contribution is -1.93. The number of hydrogen-bond donors (Lipinski definition) is 0. The maximum absolute atomic E-state index is 13.5. The molecule has 0 N–H and O–H groups in total. The summed E-state index contributed by atoms with van der Waals surface area (Å²) < 4.78 is 19.4. The highest BCUT2D eigenvalue weighted by molar-refractivity contribution is 9.10. The summed E-state index contributed by atoms with van der Waals surface area (Å²) in [5.74, 6) is 0.128. The summed E-state index contributed by atoms with van der Waals surface area (Å²) >= 11 is 8.74. The Labute approximate surface area is 111 Å². The molecule has 0 saturated heterocycles. The second-order valence-electron chi connectivity index (χ2n) is 3.16. The number of alkyl halides is 1. The van der Waals surface area contributed by atoms with Crippen molar-refractivity contribution in [3.05, 3.63) is 46.6 Å². The molecular formula is C11H7BrClFN2O. The SMILES string of the molecule is Fc1cc(Br)ccc1Oc1cnc(CCl)cn1. The van der Waals surface area contributed by atoms with Gasteiger partial charge in [0, 0.05) is 4.47 Å². The Hall–Kier alpha value is -1.20. The number of aromatic nitrogens is 2. The van der Waals surface area contributed by atoms with E-state index in [9.17, 15) is 4.39 Å². The second kappa shape index (κ2) is 5.42. The van der Waals surface area contributed by atoms with Crippen molar-refractivity contribution in [1.82, 2.24) is 9.97 Å². The van der Waals surface area contributed by atoms with Gasteiger partial charge in [-0.15, -0.1) is 11.6 Å².